The number of aryl methyl sites for hydroxylation is 1. The molecule has 0 spiro atoms. The van der Waals surface area contributed by atoms with E-state index in [4.69, 9.17) is 0 Å². The van der Waals surface area contributed by atoms with Gasteiger partial charge in [-0.05, 0) is 31.8 Å². The maximum atomic E-state index is 4.48. The van der Waals surface area contributed by atoms with E-state index >= 15 is 0 Å². The highest BCUT2D eigenvalue weighted by Crippen LogP contribution is 2.24. The zero-order chi connectivity index (χ0) is 11.3. The van der Waals surface area contributed by atoms with Crippen molar-refractivity contribution in [3.8, 4) is 0 Å². The number of hydrogen-bond acceptors (Lipinski definition) is 3. The van der Waals surface area contributed by atoms with Crippen molar-refractivity contribution in [2.75, 3.05) is 13.6 Å². The van der Waals surface area contributed by atoms with E-state index in [0.717, 1.165) is 19.4 Å². The van der Waals surface area contributed by atoms with Gasteiger partial charge in [0, 0.05) is 17.5 Å². The lowest BCUT2D eigenvalue weighted by Crippen LogP contribution is -2.08. The number of thiazole rings is 1. The van der Waals surface area contributed by atoms with Crippen LogP contribution in [0.4, 0.5) is 0 Å². The molecule has 0 unspecified atom stereocenters. The van der Waals surface area contributed by atoms with Crippen LogP contribution in [0.15, 0.2) is 6.20 Å². The van der Waals surface area contributed by atoms with Gasteiger partial charge >= 0.3 is 0 Å². The van der Waals surface area contributed by atoms with Gasteiger partial charge in [0.2, 0.25) is 0 Å². The summed E-state index contributed by atoms with van der Waals surface area (Å²) in [6.07, 6.45) is 5.49. The lowest BCUT2D eigenvalue weighted by molar-refractivity contribution is 0.410. The summed E-state index contributed by atoms with van der Waals surface area (Å²) in [7, 11) is 2.00. The fraction of sp³-hybridized carbons (Fsp3) is 0.750. The second-order valence-corrected chi connectivity index (χ2v) is 6.36. The van der Waals surface area contributed by atoms with Crippen LogP contribution in [0.5, 0.6) is 0 Å². The van der Waals surface area contributed by atoms with E-state index < -0.39 is 0 Å². The Morgan fingerprint density at radius 3 is 2.73 bits per heavy atom. The maximum absolute atomic E-state index is 4.48. The summed E-state index contributed by atoms with van der Waals surface area (Å²) in [5.41, 5.74) is 0.347. The molecule has 0 aromatic carbocycles. The molecule has 0 amide bonds. The third kappa shape index (κ3) is 5.28. The van der Waals surface area contributed by atoms with E-state index in [1.807, 2.05) is 24.6 Å². The molecule has 0 aliphatic rings. The summed E-state index contributed by atoms with van der Waals surface area (Å²) >= 11 is 1.87. The summed E-state index contributed by atoms with van der Waals surface area (Å²) in [4.78, 5) is 5.90. The SMILES string of the molecule is CNCCCc1cnc(CC(C)(C)C)s1. The zero-order valence-electron chi connectivity index (χ0n) is 10.3. The summed E-state index contributed by atoms with van der Waals surface area (Å²) in [5.74, 6) is 0. The van der Waals surface area contributed by atoms with Crippen molar-refractivity contribution in [1.82, 2.24) is 10.3 Å². The van der Waals surface area contributed by atoms with Gasteiger partial charge < -0.3 is 5.32 Å². The summed E-state index contributed by atoms with van der Waals surface area (Å²) in [5, 5.41) is 4.45. The van der Waals surface area contributed by atoms with Crippen LogP contribution in [0.3, 0.4) is 0 Å². The molecule has 1 rings (SSSR count). The monoisotopic (exact) mass is 226 g/mol. The average molecular weight is 226 g/mol. The van der Waals surface area contributed by atoms with Crippen LogP contribution in [-0.2, 0) is 12.8 Å². The largest absolute Gasteiger partial charge is 0.320 e. The molecule has 1 aromatic heterocycles. The van der Waals surface area contributed by atoms with E-state index in [9.17, 15) is 0 Å². The second kappa shape index (κ2) is 5.61. The molecule has 0 saturated carbocycles. The fourth-order valence-electron chi connectivity index (χ4n) is 1.44. The van der Waals surface area contributed by atoms with Gasteiger partial charge in [0.15, 0.2) is 0 Å². The second-order valence-electron chi connectivity index (χ2n) is 5.16. The predicted molar refractivity (Wildman–Crippen MR) is 67.5 cm³/mol. The van der Waals surface area contributed by atoms with Crippen LogP contribution in [0.2, 0.25) is 0 Å². The number of hydrogen-bond donors (Lipinski definition) is 1. The maximum Gasteiger partial charge on any atom is 0.0932 e. The van der Waals surface area contributed by atoms with Crippen molar-refractivity contribution in [3.63, 3.8) is 0 Å². The summed E-state index contributed by atoms with van der Waals surface area (Å²) in [6.45, 7) is 7.87. The van der Waals surface area contributed by atoms with Crippen LogP contribution in [0.1, 0.15) is 37.1 Å². The molecule has 1 heterocycles. The molecule has 3 heteroatoms. The van der Waals surface area contributed by atoms with Crippen LogP contribution in [-0.4, -0.2) is 18.6 Å². The molecule has 0 bridgehead atoms. The Bertz CT molecular complexity index is 286. The number of nitrogens with one attached hydrogen (secondary N) is 1. The Hall–Kier alpha value is -0.410. The molecule has 0 aliphatic heterocycles. The number of aromatic nitrogens is 1. The first-order chi connectivity index (χ1) is 7.01. The lowest BCUT2D eigenvalue weighted by atomic mass is 9.93. The van der Waals surface area contributed by atoms with Crippen LogP contribution in [0, 0.1) is 5.41 Å². The van der Waals surface area contributed by atoms with Gasteiger partial charge in [0.25, 0.3) is 0 Å². The molecule has 0 aliphatic carbocycles. The summed E-state index contributed by atoms with van der Waals surface area (Å²) < 4.78 is 0. The molecule has 0 fully saturated rings. The Labute approximate surface area is 97.1 Å². The Balaban J connectivity index is 2.42. The van der Waals surface area contributed by atoms with Gasteiger partial charge in [0.1, 0.15) is 0 Å². The minimum atomic E-state index is 0.347. The number of nitrogens with zero attached hydrogens (tertiary/aromatic N) is 1. The first-order valence-corrected chi connectivity index (χ1v) is 6.41. The highest BCUT2D eigenvalue weighted by molar-refractivity contribution is 7.11. The molecular formula is C12H22N2S. The zero-order valence-corrected chi connectivity index (χ0v) is 11.1. The molecule has 15 heavy (non-hydrogen) atoms. The quantitative estimate of drug-likeness (QED) is 0.781. The van der Waals surface area contributed by atoms with Gasteiger partial charge in [-0.15, -0.1) is 11.3 Å². The van der Waals surface area contributed by atoms with Crippen LogP contribution >= 0.6 is 11.3 Å². The topological polar surface area (TPSA) is 24.9 Å². The van der Waals surface area contributed by atoms with Crippen molar-refractivity contribution in [2.24, 2.45) is 5.41 Å². The third-order valence-corrected chi connectivity index (χ3v) is 3.19. The van der Waals surface area contributed by atoms with E-state index in [1.54, 1.807) is 0 Å². The Morgan fingerprint density at radius 2 is 2.13 bits per heavy atom. The standard InChI is InChI=1S/C12H22N2S/c1-12(2,3)8-11-14-9-10(15-11)6-5-7-13-4/h9,13H,5-8H2,1-4H3. The van der Waals surface area contributed by atoms with Gasteiger partial charge in [0.05, 0.1) is 5.01 Å². The highest BCUT2D eigenvalue weighted by atomic mass is 32.1. The predicted octanol–water partition coefficient (Wildman–Crippen LogP) is 2.88. The van der Waals surface area contributed by atoms with Crippen molar-refractivity contribution >= 4 is 11.3 Å². The molecule has 0 radical (unpaired) electrons. The van der Waals surface area contributed by atoms with E-state index in [2.05, 4.69) is 31.1 Å². The van der Waals surface area contributed by atoms with Crippen LogP contribution in [0.25, 0.3) is 0 Å². The normalized spacial score (nSPS) is 12.0. The molecule has 0 saturated heterocycles. The van der Waals surface area contributed by atoms with Crippen LogP contribution < -0.4 is 5.32 Å². The molecule has 1 N–H and O–H groups in total. The minimum Gasteiger partial charge on any atom is -0.320 e. The van der Waals surface area contributed by atoms with Gasteiger partial charge in [-0.1, -0.05) is 20.8 Å². The molecule has 2 nitrogen and oxygen atoms in total. The fourth-order valence-corrected chi connectivity index (χ4v) is 2.70. The third-order valence-electron chi connectivity index (χ3n) is 2.13. The first kappa shape index (κ1) is 12.7. The molecule has 1 aromatic rings. The van der Waals surface area contributed by atoms with Crippen molar-refractivity contribution in [3.05, 3.63) is 16.1 Å². The molecular weight excluding hydrogens is 204 g/mol. The van der Waals surface area contributed by atoms with Crippen molar-refractivity contribution in [2.45, 2.75) is 40.0 Å². The van der Waals surface area contributed by atoms with E-state index in [-0.39, 0.29) is 0 Å². The highest BCUT2D eigenvalue weighted by Gasteiger charge is 2.13. The average Bonchev–Trinajstić information content (AvgIpc) is 2.50. The smallest absolute Gasteiger partial charge is 0.0932 e. The molecule has 86 valence electrons. The first-order valence-electron chi connectivity index (χ1n) is 5.59. The Kier molecular flexibility index (Phi) is 4.74. The summed E-state index contributed by atoms with van der Waals surface area (Å²) in [6, 6.07) is 0. The lowest BCUT2D eigenvalue weighted by Gasteiger charge is -2.15. The van der Waals surface area contributed by atoms with E-state index in [0.29, 0.717) is 5.41 Å². The van der Waals surface area contributed by atoms with Gasteiger partial charge in [-0.25, -0.2) is 4.98 Å². The van der Waals surface area contributed by atoms with Crippen molar-refractivity contribution < 1.29 is 0 Å². The number of rotatable bonds is 5. The van der Waals surface area contributed by atoms with Crippen molar-refractivity contribution in [1.29, 1.82) is 0 Å². The van der Waals surface area contributed by atoms with Gasteiger partial charge in [-0.3, -0.25) is 0 Å². The Morgan fingerprint density at radius 1 is 1.40 bits per heavy atom. The minimum absolute atomic E-state index is 0.347. The molecule has 0 atom stereocenters. The van der Waals surface area contributed by atoms with E-state index in [1.165, 1.54) is 16.3 Å². The van der Waals surface area contributed by atoms with Gasteiger partial charge in [-0.2, -0.15) is 0 Å².